The van der Waals surface area contributed by atoms with E-state index in [-0.39, 0.29) is 0 Å². The fraction of sp³-hybridized carbons (Fsp3) is 0.333. The molecule has 0 aliphatic carbocycles. The van der Waals surface area contributed by atoms with Crippen molar-refractivity contribution in [3.05, 3.63) is 24.1 Å². The van der Waals surface area contributed by atoms with E-state index in [4.69, 9.17) is 4.42 Å². The van der Waals surface area contributed by atoms with Crippen molar-refractivity contribution in [2.75, 3.05) is 0 Å². The van der Waals surface area contributed by atoms with Gasteiger partial charge >= 0.3 is 0 Å². The van der Waals surface area contributed by atoms with Crippen molar-refractivity contribution in [2.45, 2.75) is 19.8 Å². The third-order valence-electron chi connectivity index (χ3n) is 1.79. The molecule has 2 heterocycles. The standard InChI is InChI=1S/C9H10N2O/c1-6(2)9-5-7-8(12-9)3-4-10-11-7/h3-6H,1-2H3. The lowest BCUT2D eigenvalue weighted by atomic mass is 10.2. The van der Waals surface area contributed by atoms with E-state index in [1.54, 1.807) is 6.20 Å². The van der Waals surface area contributed by atoms with E-state index in [0.717, 1.165) is 16.9 Å². The second-order valence-electron chi connectivity index (χ2n) is 3.08. The summed E-state index contributed by atoms with van der Waals surface area (Å²) in [5, 5.41) is 7.72. The van der Waals surface area contributed by atoms with Crippen LogP contribution in [-0.4, -0.2) is 10.2 Å². The summed E-state index contributed by atoms with van der Waals surface area (Å²) in [6, 6.07) is 3.77. The molecule has 2 rings (SSSR count). The quantitative estimate of drug-likeness (QED) is 0.646. The molecule has 0 aromatic carbocycles. The van der Waals surface area contributed by atoms with Crippen molar-refractivity contribution >= 4 is 11.1 Å². The minimum Gasteiger partial charge on any atom is -0.459 e. The molecule has 2 aromatic heterocycles. The molecule has 3 nitrogen and oxygen atoms in total. The van der Waals surface area contributed by atoms with Gasteiger partial charge in [-0.25, -0.2) is 0 Å². The normalized spacial score (nSPS) is 11.2. The van der Waals surface area contributed by atoms with E-state index >= 15 is 0 Å². The van der Waals surface area contributed by atoms with Crippen molar-refractivity contribution in [2.24, 2.45) is 0 Å². The summed E-state index contributed by atoms with van der Waals surface area (Å²) >= 11 is 0. The number of fused-ring (bicyclic) bond motifs is 1. The van der Waals surface area contributed by atoms with Gasteiger partial charge in [0.2, 0.25) is 0 Å². The van der Waals surface area contributed by atoms with E-state index < -0.39 is 0 Å². The molecule has 0 saturated heterocycles. The van der Waals surface area contributed by atoms with Crippen LogP contribution >= 0.6 is 0 Å². The van der Waals surface area contributed by atoms with Crippen molar-refractivity contribution < 1.29 is 4.42 Å². The van der Waals surface area contributed by atoms with Gasteiger partial charge in [0.25, 0.3) is 0 Å². The summed E-state index contributed by atoms with van der Waals surface area (Å²) in [4.78, 5) is 0. The first-order valence-corrected chi connectivity index (χ1v) is 3.98. The Kier molecular flexibility index (Phi) is 1.57. The number of aromatic nitrogens is 2. The predicted molar refractivity (Wildman–Crippen MR) is 45.9 cm³/mol. The number of hydrogen-bond acceptors (Lipinski definition) is 3. The Labute approximate surface area is 70.4 Å². The lowest BCUT2D eigenvalue weighted by Crippen LogP contribution is -1.80. The highest BCUT2D eigenvalue weighted by Gasteiger charge is 2.06. The van der Waals surface area contributed by atoms with Gasteiger partial charge in [0.1, 0.15) is 11.3 Å². The molecular weight excluding hydrogens is 152 g/mol. The van der Waals surface area contributed by atoms with Crippen molar-refractivity contribution in [1.82, 2.24) is 10.2 Å². The SMILES string of the molecule is CC(C)c1cc2nnccc2o1. The molecule has 0 N–H and O–H groups in total. The van der Waals surface area contributed by atoms with Gasteiger partial charge in [0.15, 0.2) is 5.58 Å². The largest absolute Gasteiger partial charge is 0.459 e. The van der Waals surface area contributed by atoms with Crippen LogP contribution in [0.15, 0.2) is 22.7 Å². The van der Waals surface area contributed by atoms with Crippen LogP contribution in [0.2, 0.25) is 0 Å². The second-order valence-corrected chi connectivity index (χ2v) is 3.08. The van der Waals surface area contributed by atoms with Crippen LogP contribution in [0.3, 0.4) is 0 Å². The first-order chi connectivity index (χ1) is 5.77. The Morgan fingerprint density at radius 2 is 2.25 bits per heavy atom. The summed E-state index contributed by atoms with van der Waals surface area (Å²) in [6.45, 7) is 4.18. The number of rotatable bonds is 1. The van der Waals surface area contributed by atoms with Gasteiger partial charge in [-0.05, 0) is 0 Å². The van der Waals surface area contributed by atoms with Crippen LogP contribution in [-0.2, 0) is 0 Å². The first-order valence-electron chi connectivity index (χ1n) is 3.98. The summed E-state index contributed by atoms with van der Waals surface area (Å²) in [7, 11) is 0. The molecule has 3 heteroatoms. The monoisotopic (exact) mass is 162 g/mol. The summed E-state index contributed by atoms with van der Waals surface area (Å²) in [5.74, 6) is 1.37. The maximum absolute atomic E-state index is 5.53. The van der Waals surface area contributed by atoms with Gasteiger partial charge in [0.05, 0.1) is 6.20 Å². The van der Waals surface area contributed by atoms with E-state index in [2.05, 4.69) is 24.0 Å². The number of furan rings is 1. The molecule has 0 atom stereocenters. The van der Waals surface area contributed by atoms with Crippen LogP contribution in [0.5, 0.6) is 0 Å². The van der Waals surface area contributed by atoms with Crippen LogP contribution in [0.1, 0.15) is 25.5 Å². The van der Waals surface area contributed by atoms with Crippen LogP contribution in [0.25, 0.3) is 11.1 Å². The van der Waals surface area contributed by atoms with E-state index in [1.807, 2.05) is 12.1 Å². The Morgan fingerprint density at radius 3 is 2.92 bits per heavy atom. The average Bonchev–Trinajstić information content (AvgIpc) is 2.46. The maximum Gasteiger partial charge on any atom is 0.156 e. The van der Waals surface area contributed by atoms with Gasteiger partial charge in [-0.1, -0.05) is 13.8 Å². The Morgan fingerprint density at radius 1 is 1.42 bits per heavy atom. The molecule has 2 aromatic rings. The van der Waals surface area contributed by atoms with Gasteiger partial charge in [-0.3, -0.25) is 0 Å². The van der Waals surface area contributed by atoms with Gasteiger partial charge in [-0.15, -0.1) is 5.10 Å². The fourth-order valence-corrected chi connectivity index (χ4v) is 1.09. The average molecular weight is 162 g/mol. The van der Waals surface area contributed by atoms with Gasteiger partial charge in [0, 0.05) is 18.1 Å². The Bertz CT molecular complexity index is 359. The molecule has 0 amide bonds. The highest BCUT2D eigenvalue weighted by Crippen LogP contribution is 2.21. The second kappa shape index (κ2) is 2.59. The predicted octanol–water partition coefficient (Wildman–Crippen LogP) is 2.35. The van der Waals surface area contributed by atoms with Crippen LogP contribution < -0.4 is 0 Å². The van der Waals surface area contributed by atoms with Crippen molar-refractivity contribution in [3.63, 3.8) is 0 Å². The Balaban J connectivity index is 2.62. The molecule has 12 heavy (non-hydrogen) atoms. The van der Waals surface area contributed by atoms with E-state index in [0.29, 0.717) is 5.92 Å². The molecule has 0 spiro atoms. The fourth-order valence-electron chi connectivity index (χ4n) is 1.09. The first kappa shape index (κ1) is 7.28. The molecule has 0 unspecified atom stereocenters. The zero-order valence-electron chi connectivity index (χ0n) is 7.11. The van der Waals surface area contributed by atoms with Gasteiger partial charge < -0.3 is 4.42 Å². The third kappa shape index (κ3) is 1.07. The zero-order valence-corrected chi connectivity index (χ0v) is 7.11. The zero-order chi connectivity index (χ0) is 8.55. The minimum absolute atomic E-state index is 0.402. The topological polar surface area (TPSA) is 38.9 Å². The number of nitrogens with zero attached hydrogens (tertiary/aromatic N) is 2. The highest BCUT2D eigenvalue weighted by atomic mass is 16.3. The van der Waals surface area contributed by atoms with Gasteiger partial charge in [-0.2, -0.15) is 5.10 Å². The van der Waals surface area contributed by atoms with Crippen LogP contribution in [0, 0.1) is 0 Å². The molecule has 0 aliphatic heterocycles. The summed E-state index contributed by atoms with van der Waals surface area (Å²) < 4.78 is 5.53. The van der Waals surface area contributed by atoms with Crippen molar-refractivity contribution in [1.29, 1.82) is 0 Å². The van der Waals surface area contributed by atoms with E-state index in [1.165, 1.54) is 0 Å². The molecule has 0 aliphatic rings. The molecule has 62 valence electrons. The lowest BCUT2D eigenvalue weighted by molar-refractivity contribution is 0.521. The Hall–Kier alpha value is -1.38. The molecular formula is C9H10N2O. The third-order valence-corrected chi connectivity index (χ3v) is 1.79. The maximum atomic E-state index is 5.53. The number of hydrogen-bond donors (Lipinski definition) is 0. The summed E-state index contributed by atoms with van der Waals surface area (Å²) in [5.41, 5.74) is 1.65. The molecule has 0 bridgehead atoms. The smallest absolute Gasteiger partial charge is 0.156 e. The summed E-state index contributed by atoms with van der Waals surface area (Å²) in [6.07, 6.45) is 1.63. The van der Waals surface area contributed by atoms with Crippen LogP contribution in [0.4, 0.5) is 0 Å². The molecule has 0 fully saturated rings. The highest BCUT2D eigenvalue weighted by molar-refractivity contribution is 5.72. The van der Waals surface area contributed by atoms with E-state index in [9.17, 15) is 0 Å². The lowest BCUT2D eigenvalue weighted by Gasteiger charge is -1.95. The van der Waals surface area contributed by atoms with Crippen molar-refractivity contribution in [3.8, 4) is 0 Å². The molecule has 0 radical (unpaired) electrons. The minimum atomic E-state index is 0.402. The molecule has 0 saturated carbocycles.